The number of pyridine rings is 1. The molecule has 174 valence electrons. The smallest absolute Gasteiger partial charge is 0.450 e. The number of alkyl halides is 3. The lowest BCUT2D eigenvalue weighted by atomic mass is 9.99. The molecule has 5 rings (SSSR count). The fraction of sp³-hybridized carbons (Fsp3) is 0.200. The van der Waals surface area contributed by atoms with Crippen molar-refractivity contribution in [2.75, 3.05) is 13.8 Å². The predicted molar refractivity (Wildman–Crippen MR) is 118 cm³/mol. The first-order valence-electron chi connectivity index (χ1n) is 10.4. The van der Waals surface area contributed by atoms with Gasteiger partial charge < -0.3 is 13.9 Å². The summed E-state index contributed by atoms with van der Waals surface area (Å²) in [5.41, 5.74) is 0.00179. The number of rotatable bonds is 4. The zero-order valence-electron chi connectivity index (χ0n) is 18.1. The number of hydrogen-bond donors (Lipinski definition) is 0. The highest BCUT2D eigenvalue weighted by Gasteiger charge is 2.40. The lowest BCUT2D eigenvalue weighted by Gasteiger charge is -2.29. The van der Waals surface area contributed by atoms with Crippen molar-refractivity contribution in [3.8, 4) is 22.6 Å². The van der Waals surface area contributed by atoms with E-state index in [9.17, 15) is 18.0 Å². The predicted octanol–water partition coefficient (Wildman–Crippen LogP) is 5.23. The summed E-state index contributed by atoms with van der Waals surface area (Å²) in [6.45, 7) is 0.974. The largest absolute Gasteiger partial charge is 0.497 e. The Kier molecular flexibility index (Phi) is 5.49. The molecule has 0 radical (unpaired) electrons. The highest BCUT2D eigenvalue weighted by molar-refractivity contribution is 5.87. The van der Waals surface area contributed by atoms with Gasteiger partial charge in [0.05, 0.1) is 23.6 Å². The Hall–Kier alpha value is -3.85. The number of aromatic nitrogens is 1. The quantitative estimate of drug-likeness (QED) is 0.409. The molecule has 0 atom stereocenters. The summed E-state index contributed by atoms with van der Waals surface area (Å²) in [4.78, 5) is 19.3. The van der Waals surface area contributed by atoms with Gasteiger partial charge in [0.1, 0.15) is 23.8 Å². The summed E-state index contributed by atoms with van der Waals surface area (Å²) in [5, 5.41) is 0.0596. The fourth-order valence-electron chi connectivity index (χ4n) is 4.08. The van der Waals surface area contributed by atoms with Gasteiger partial charge in [-0.3, -0.25) is 14.7 Å². The molecule has 0 saturated heterocycles. The molecule has 4 aromatic rings. The number of halogens is 3. The minimum absolute atomic E-state index is 0.0596. The van der Waals surface area contributed by atoms with E-state index in [1.165, 1.54) is 37.4 Å². The third-order valence-electron chi connectivity index (χ3n) is 5.67. The normalized spacial score (nSPS) is 14.0. The van der Waals surface area contributed by atoms with E-state index < -0.39 is 22.9 Å². The number of fused-ring (bicyclic) bond motifs is 3. The first-order chi connectivity index (χ1) is 16.3. The molecular formula is C25H19F3N2O4. The second kappa shape index (κ2) is 8.49. The molecule has 2 aromatic carbocycles. The molecule has 3 heterocycles. The first-order valence-corrected chi connectivity index (χ1v) is 10.4. The maximum Gasteiger partial charge on any atom is 0.450 e. The first kappa shape index (κ1) is 22.0. The zero-order chi connectivity index (χ0) is 23.9. The van der Waals surface area contributed by atoms with Gasteiger partial charge in [-0.1, -0.05) is 18.2 Å². The van der Waals surface area contributed by atoms with Gasteiger partial charge in [0.25, 0.3) is 0 Å². The van der Waals surface area contributed by atoms with E-state index in [0.29, 0.717) is 23.6 Å². The van der Waals surface area contributed by atoms with E-state index in [0.717, 1.165) is 5.56 Å². The van der Waals surface area contributed by atoms with E-state index in [1.807, 2.05) is 11.0 Å². The molecule has 0 bridgehead atoms. The van der Waals surface area contributed by atoms with Gasteiger partial charge in [-0.25, -0.2) is 0 Å². The minimum Gasteiger partial charge on any atom is -0.497 e. The van der Waals surface area contributed by atoms with Crippen LogP contribution < -0.4 is 14.9 Å². The standard InChI is InChI=1S/C25H19F3N2O4/c1-32-17-6-4-16(5-7-17)21-22(31)18-8-9-20-19(23(18)34-24(21)25(26,27)28)13-30(14-33-20)12-15-3-2-10-29-11-15/h2-11H,12-14H2,1H3. The van der Waals surface area contributed by atoms with Gasteiger partial charge >= 0.3 is 6.18 Å². The summed E-state index contributed by atoms with van der Waals surface area (Å²) < 4.78 is 58.5. The summed E-state index contributed by atoms with van der Waals surface area (Å²) in [5.74, 6) is -0.487. The molecule has 2 aromatic heterocycles. The zero-order valence-corrected chi connectivity index (χ0v) is 18.1. The average Bonchev–Trinajstić information content (AvgIpc) is 2.84. The van der Waals surface area contributed by atoms with E-state index in [1.54, 1.807) is 24.5 Å². The third kappa shape index (κ3) is 3.99. The highest BCUT2D eigenvalue weighted by atomic mass is 19.4. The van der Waals surface area contributed by atoms with Crippen LogP contribution in [0.3, 0.4) is 0 Å². The summed E-state index contributed by atoms with van der Waals surface area (Å²) in [7, 11) is 1.45. The molecule has 6 nitrogen and oxygen atoms in total. The Bertz CT molecular complexity index is 1400. The van der Waals surface area contributed by atoms with Crippen LogP contribution in [0.4, 0.5) is 13.2 Å². The summed E-state index contributed by atoms with van der Waals surface area (Å²) in [6.07, 6.45) is -1.51. The fourth-order valence-corrected chi connectivity index (χ4v) is 4.08. The van der Waals surface area contributed by atoms with Gasteiger partial charge in [0.2, 0.25) is 11.2 Å². The molecule has 0 unspecified atom stereocenters. The van der Waals surface area contributed by atoms with Crippen molar-refractivity contribution in [1.29, 1.82) is 0 Å². The summed E-state index contributed by atoms with van der Waals surface area (Å²) in [6, 6.07) is 12.6. The monoisotopic (exact) mass is 468 g/mol. The van der Waals surface area contributed by atoms with Crippen LogP contribution in [0, 0.1) is 0 Å². The molecule has 0 N–H and O–H groups in total. The molecular weight excluding hydrogens is 449 g/mol. The second-order valence-electron chi connectivity index (χ2n) is 7.90. The van der Waals surface area contributed by atoms with Crippen molar-refractivity contribution in [3.63, 3.8) is 0 Å². The Morgan fingerprint density at radius 3 is 2.59 bits per heavy atom. The van der Waals surface area contributed by atoms with Gasteiger partial charge in [0, 0.05) is 25.5 Å². The van der Waals surface area contributed by atoms with Gasteiger partial charge in [-0.15, -0.1) is 0 Å². The van der Waals surface area contributed by atoms with Crippen molar-refractivity contribution in [2.24, 2.45) is 0 Å². The maximum absolute atomic E-state index is 14.1. The van der Waals surface area contributed by atoms with E-state index in [4.69, 9.17) is 13.9 Å². The topological polar surface area (TPSA) is 64.8 Å². The number of ether oxygens (including phenoxy) is 2. The van der Waals surface area contributed by atoms with Crippen LogP contribution in [0.15, 0.2) is 70.1 Å². The van der Waals surface area contributed by atoms with Crippen LogP contribution in [-0.4, -0.2) is 23.7 Å². The third-order valence-corrected chi connectivity index (χ3v) is 5.67. The molecule has 34 heavy (non-hydrogen) atoms. The van der Waals surface area contributed by atoms with E-state index in [-0.39, 0.29) is 29.8 Å². The molecule has 0 fully saturated rings. The van der Waals surface area contributed by atoms with Crippen LogP contribution in [0.1, 0.15) is 16.9 Å². The molecule has 0 spiro atoms. The molecule has 0 amide bonds. The molecule has 0 aliphatic carbocycles. The van der Waals surface area contributed by atoms with Crippen LogP contribution in [0.2, 0.25) is 0 Å². The van der Waals surface area contributed by atoms with Crippen LogP contribution in [0.5, 0.6) is 11.5 Å². The van der Waals surface area contributed by atoms with Crippen molar-refractivity contribution in [3.05, 3.63) is 88.0 Å². The lowest BCUT2D eigenvalue weighted by Crippen LogP contribution is -2.32. The Balaban J connectivity index is 1.65. The Labute approximate surface area is 192 Å². The Morgan fingerprint density at radius 2 is 1.91 bits per heavy atom. The molecule has 1 aliphatic rings. The van der Waals surface area contributed by atoms with Crippen molar-refractivity contribution >= 4 is 11.0 Å². The van der Waals surface area contributed by atoms with Crippen molar-refractivity contribution in [1.82, 2.24) is 9.88 Å². The number of hydrogen-bond acceptors (Lipinski definition) is 6. The van der Waals surface area contributed by atoms with Gasteiger partial charge in [-0.2, -0.15) is 13.2 Å². The van der Waals surface area contributed by atoms with Crippen LogP contribution in [0.25, 0.3) is 22.1 Å². The van der Waals surface area contributed by atoms with Gasteiger partial charge in [0.15, 0.2) is 0 Å². The summed E-state index contributed by atoms with van der Waals surface area (Å²) >= 11 is 0. The molecule has 9 heteroatoms. The Morgan fingerprint density at radius 1 is 1.12 bits per heavy atom. The second-order valence-corrected chi connectivity index (χ2v) is 7.90. The van der Waals surface area contributed by atoms with Gasteiger partial charge in [-0.05, 0) is 41.5 Å². The number of benzene rings is 2. The number of nitrogens with zero attached hydrogens (tertiary/aromatic N) is 2. The van der Waals surface area contributed by atoms with Crippen LogP contribution in [-0.2, 0) is 19.3 Å². The molecule has 1 aliphatic heterocycles. The average molecular weight is 468 g/mol. The van der Waals surface area contributed by atoms with Crippen molar-refractivity contribution < 1.29 is 27.1 Å². The maximum atomic E-state index is 14.1. The van der Waals surface area contributed by atoms with Crippen LogP contribution >= 0.6 is 0 Å². The number of methoxy groups -OCH3 is 1. The SMILES string of the molecule is COc1ccc(-c2c(C(F)(F)F)oc3c4c(ccc3c2=O)OCN(Cc2cccnc2)C4)cc1. The van der Waals surface area contributed by atoms with Crippen molar-refractivity contribution in [2.45, 2.75) is 19.3 Å². The lowest BCUT2D eigenvalue weighted by molar-refractivity contribution is -0.152. The highest BCUT2D eigenvalue weighted by Crippen LogP contribution is 2.40. The van der Waals surface area contributed by atoms with E-state index >= 15 is 0 Å². The van der Waals surface area contributed by atoms with E-state index in [2.05, 4.69) is 4.98 Å². The molecule has 0 saturated carbocycles. The minimum atomic E-state index is -4.88.